The van der Waals surface area contributed by atoms with Crippen LogP contribution in [0.1, 0.15) is 37.8 Å². The molecule has 96 valence electrons. The van der Waals surface area contributed by atoms with Crippen LogP contribution in [0.25, 0.3) is 0 Å². The Bertz CT molecular complexity index is 323. The molecule has 0 aliphatic heterocycles. The second-order valence-electron chi connectivity index (χ2n) is 4.90. The van der Waals surface area contributed by atoms with E-state index in [0.29, 0.717) is 0 Å². The molecule has 0 bridgehead atoms. The van der Waals surface area contributed by atoms with Gasteiger partial charge in [0.25, 0.3) is 0 Å². The molecule has 0 saturated heterocycles. The van der Waals surface area contributed by atoms with E-state index in [4.69, 9.17) is 0 Å². The minimum atomic E-state index is 0.0443. The van der Waals surface area contributed by atoms with Gasteiger partial charge in [-0.2, -0.15) is 0 Å². The fraction of sp³-hybridized carbons (Fsp3) is 0.600. The van der Waals surface area contributed by atoms with Gasteiger partial charge in [0.05, 0.1) is 0 Å². The predicted molar refractivity (Wildman–Crippen MR) is 73.0 cm³/mol. The zero-order chi connectivity index (χ0) is 12.7. The lowest BCUT2D eigenvalue weighted by molar-refractivity contribution is 0.113. The van der Waals surface area contributed by atoms with Gasteiger partial charge in [0.15, 0.2) is 0 Å². The summed E-state index contributed by atoms with van der Waals surface area (Å²) in [6.45, 7) is 8.46. The van der Waals surface area contributed by atoms with Gasteiger partial charge in [-0.05, 0) is 30.9 Å². The van der Waals surface area contributed by atoms with Gasteiger partial charge in [0.2, 0.25) is 0 Å². The van der Waals surface area contributed by atoms with Gasteiger partial charge >= 0.3 is 0 Å². The fourth-order valence-electron chi connectivity index (χ4n) is 2.05. The zero-order valence-electron chi connectivity index (χ0n) is 11.3. The van der Waals surface area contributed by atoms with Crippen molar-refractivity contribution in [1.29, 1.82) is 0 Å². The Morgan fingerprint density at radius 3 is 2.35 bits per heavy atom. The Labute approximate surface area is 105 Å². The van der Waals surface area contributed by atoms with Crippen LogP contribution in [-0.2, 0) is 6.54 Å². The molecule has 0 aliphatic rings. The molecule has 0 aromatic heterocycles. The highest BCUT2D eigenvalue weighted by Crippen LogP contribution is 2.24. The van der Waals surface area contributed by atoms with E-state index in [1.54, 1.807) is 0 Å². The molecule has 0 fully saturated rings. The smallest absolute Gasteiger partial charge is 0.0499 e. The minimum Gasteiger partial charge on any atom is -0.396 e. The van der Waals surface area contributed by atoms with Crippen molar-refractivity contribution in [3.8, 4) is 0 Å². The Balaban J connectivity index is 2.49. The number of aliphatic hydroxyl groups is 1. The van der Waals surface area contributed by atoms with E-state index in [9.17, 15) is 5.11 Å². The van der Waals surface area contributed by atoms with E-state index < -0.39 is 0 Å². The van der Waals surface area contributed by atoms with Crippen molar-refractivity contribution in [2.45, 2.75) is 40.2 Å². The molecule has 0 unspecified atom stereocenters. The summed E-state index contributed by atoms with van der Waals surface area (Å²) >= 11 is 0. The van der Waals surface area contributed by atoms with E-state index in [1.165, 1.54) is 11.1 Å². The molecule has 2 heteroatoms. The van der Waals surface area contributed by atoms with Crippen LogP contribution in [-0.4, -0.2) is 18.3 Å². The summed E-state index contributed by atoms with van der Waals surface area (Å²) < 4.78 is 0. The van der Waals surface area contributed by atoms with Crippen molar-refractivity contribution in [1.82, 2.24) is 5.32 Å². The van der Waals surface area contributed by atoms with E-state index in [0.717, 1.165) is 25.9 Å². The molecule has 0 spiro atoms. The lowest BCUT2D eigenvalue weighted by atomic mass is 9.83. The lowest BCUT2D eigenvalue weighted by Gasteiger charge is -2.29. The number of hydrogen-bond acceptors (Lipinski definition) is 2. The molecule has 0 atom stereocenters. The first-order valence-corrected chi connectivity index (χ1v) is 6.53. The maximum Gasteiger partial charge on any atom is 0.0499 e. The van der Waals surface area contributed by atoms with Crippen molar-refractivity contribution < 1.29 is 5.11 Å². The third-order valence-corrected chi connectivity index (χ3v) is 3.91. The fourth-order valence-corrected chi connectivity index (χ4v) is 2.05. The number of hydrogen-bond donors (Lipinski definition) is 2. The summed E-state index contributed by atoms with van der Waals surface area (Å²) in [4.78, 5) is 0. The number of benzene rings is 1. The number of rotatable bonds is 7. The third kappa shape index (κ3) is 3.83. The Morgan fingerprint density at radius 1 is 1.18 bits per heavy atom. The Hall–Kier alpha value is -0.860. The highest BCUT2D eigenvalue weighted by atomic mass is 16.3. The number of aliphatic hydroxyl groups excluding tert-OH is 1. The maximum atomic E-state index is 9.49. The second kappa shape index (κ2) is 6.77. The van der Waals surface area contributed by atoms with E-state index in [1.807, 2.05) is 0 Å². The van der Waals surface area contributed by atoms with Gasteiger partial charge < -0.3 is 10.4 Å². The SMILES string of the molecule is CCC(CC)(CO)CNCc1ccccc1C. The number of aryl methyl sites for hydroxylation is 1. The molecular weight excluding hydrogens is 210 g/mol. The van der Waals surface area contributed by atoms with Crippen LogP contribution in [0.2, 0.25) is 0 Å². The monoisotopic (exact) mass is 235 g/mol. The summed E-state index contributed by atoms with van der Waals surface area (Å²) in [5.41, 5.74) is 2.71. The molecule has 0 saturated carbocycles. The van der Waals surface area contributed by atoms with Crippen molar-refractivity contribution in [2.75, 3.05) is 13.2 Å². The zero-order valence-corrected chi connectivity index (χ0v) is 11.3. The third-order valence-electron chi connectivity index (χ3n) is 3.91. The highest BCUT2D eigenvalue weighted by Gasteiger charge is 2.24. The number of nitrogens with one attached hydrogen (secondary N) is 1. The highest BCUT2D eigenvalue weighted by molar-refractivity contribution is 5.25. The summed E-state index contributed by atoms with van der Waals surface area (Å²) in [5, 5.41) is 13.0. The van der Waals surface area contributed by atoms with Gasteiger partial charge in [-0.1, -0.05) is 38.1 Å². The molecule has 0 heterocycles. The molecule has 17 heavy (non-hydrogen) atoms. The van der Waals surface area contributed by atoms with E-state index in [2.05, 4.69) is 50.4 Å². The molecule has 2 nitrogen and oxygen atoms in total. The first-order chi connectivity index (χ1) is 8.17. The normalized spacial score (nSPS) is 11.8. The van der Waals surface area contributed by atoms with Gasteiger partial charge in [-0.25, -0.2) is 0 Å². The van der Waals surface area contributed by atoms with Gasteiger partial charge in [-0.15, -0.1) is 0 Å². The van der Waals surface area contributed by atoms with Gasteiger partial charge in [-0.3, -0.25) is 0 Å². The van der Waals surface area contributed by atoms with E-state index >= 15 is 0 Å². The van der Waals surface area contributed by atoms with E-state index in [-0.39, 0.29) is 12.0 Å². The first-order valence-electron chi connectivity index (χ1n) is 6.53. The van der Waals surface area contributed by atoms with Crippen molar-refractivity contribution in [3.63, 3.8) is 0 Å². The van der Waals surface area contributed by atoms with Crippen molar-refractivity contribution in [3.05, 3.63) is 35.4 Å². The van der Waals surface area contributed by atoms with Crippen molar-refractivity contribution >= 4 is 0 Å². The van der Waals surface area contributed by atoms with Gasteiger partial charge in [0, 0.05) is 25.1 Å². The van der Waals surface area contributed by atoms with Crippen LogP contribution in [0.15, 0.2) is 24.3 Å². The average Bonchev–Trinajstić information content (AvgIpc) is 2.37. The maximum absolute atomic E-state index is 9.49. The standard InChI is InChI=1S/C15H25NO/c1-4-15(5-2,12-17)11-16-10-14-9-7-6-8-13(14)3/h6-9,16-17H,4-5,10-12H2,1-3H3. The molecule has 1 aromatic rings. The summed E-state index contributed by atoms with van der Waals surface area (Å²) in [6, 6.07) is 8.43. The molecular formula is C15H25NO. The predicted octanol–water partition coefficient (Wildman–Crippen LogP) is 2.88. The summed E-state index contributed by atoms with van der Waals surface area (Å²) in [7, 11) is 0. The van der Waals surface area contributed by atoms with Crippen LogP contribution in [0.5, 0.6) is 0 Å². The second-order valence-corrected chi connectivity index (χ2v) is 4.90. The molecule has 0 radical (unpaired) electrons. The minimum absolute atomic E-state index is 0.0443. The van der Waals surface area contributed by atoms with Crippen LogP contribution >= 0.6 is 0 Å². The Morgan fingerprint density at radius 2 is 1.82 bits per heavy atom. The Kier molecular flexibility index (Phi) is 5.66. The first kappa shape index (κ1) is 14.2. The topological polar surface area (TPSA) is 32.3 Å². The lowest BCUT2D eigenvalue weighted by Crippen LogP contribution is -2.36. The summed E-state index contributed by atoms with van der Waals surface area (Å²) in [5.74, 6) is 0. The van der Waals surface area contributed by atoms with Crippen LogP contribution in [0, 0.1) is 12.3 Å². The molecule has 2 N–H and O–H groups in total. The van der Waals surface area contributed by atoms with Crippen LogP contribution in [0.4, 0.5) is 0 Å². The largest absolute Gasteiger partial charge is 0.396 e. The summed E-state index contributed by atoms with van der Waals surface area (Å²) in [6.07, 6.45) is 2.03. The average molecular weight is 235 g/mol. The molecule has 1 rings (SSSR count). The molecule has 0 aliphatic carbocycles. The van der Waals surface area contributed by atoms with Crippen LogP contribution in [0.3, 0.4) is 0 Å². The van der Waals surface area contributed by atoms with Crippen LogP contribution < -0.4 is 5.32 Å². The quantitative estimate of drug-likeness (QED) is 0.761. The van der Waals surface area contributed by atoms with Gasteiger partial charge in [0.1, 0.15) is 0 Å². The molecule has 0 amide bonds. The van der Waals surface area contributed by atoms with Crippen molar-refractivity contribution in [2.24, 2.45) is 5.41 Å². The molecule has 1 aromatic carbocycles.